The number of aliphatic hydroxyl groups excluding tert-OH is 1. The summed E-state index contributed by atoms with van der Waals surface area (Å²) in [5, 5.41) is 28.4. The highest BCUT2D eigenvalue weighted by atomic mass is 16.4. The molecule has 0 saturated heterocycles. The van der Waals surface area contributed by atoms with Crippen LogP contribution in [0.3, 0.4) is 0 Å². The molecule has 0 aromatic carbocycles. The summed E-state index contributed by atoms with van der Waals surface area (Å²) in [7, 11) is 0. The minimum absolute atomic E-state index is 0.0802. The lowest BCUT2D eigenvalue weighted by molar-refractivity contribution is -0.138. The van der Waals surface area contributed by atoms with Gasteiger partial charge in [-0.2, -0.15) is 0 Å². The zero-order valence-electron chi connectivity index (χ0n) is 35.3. The van der Waals surface area contributed by atoms with Crippen molar-refractivity contribution in [1.82, 2.24) is 0 Å². The van der Waals surface area contributed by atoms with Crippen LogP contribution in [0.25, 0.3) is 0 Å². The Morgan fingerprint density at radius 3 is 1.54 bits per heavy atom. The van der Waals surface area contributed by atoms with Crippen LogP contribution in [0.1, 0.15) is 164 Å². The van der Waals surface area contributed by atoms with Gasteiger partial charge in [0.1, 0.15) is 0 Å². The van der Waals surface area contributed by atoms with E-state index < -0.39 is 11.9 Å². The van der Waals surface area contributed by atoms with Crippen molar-refractivity contribution in [2.75, 3.05) is 0 Å². The molecule has 6 fully saturated rings. The van der Waals surface area contributed by atoms with Crippen molar-refractivity contribution in [2.45, 2.75) is 170 Å². The largest absolute Gasteiger partial charge is 0.481 e. The highest BCUT2D eigenvalue weighted by Crippen LogP contribution is 2.68. The predicted molar refractivity (Wildman–Crippen MR) is 217 cm³/mol. The second-order valence-electron chi connectivity index (χ2n) is 22.1. The van der Waals surface area contributed by atoms with Crippen LogP contribution in [-0.2, 0) is 9.59 Å². The van der Waals surface area contributed by atoms with Crippen LogP contribution in [0.5, 0.6) is 0 Å². The summed E-state index contributed by atoms with van der Waals surface area (Å²) in [5.74, 6) is 8.21. The Hall–Kier alpha value is -1.62. The van der Waals surface area contributed by atoms with E-state index in [1.165, 1.54) is 77.0 Å². The molecule has 8 aliphatic carbocycles. The molecule has 0 amide bonds. The molecule has 0 aromatic heterocycles. The number of aliphatic hydroxyl groups is 1. The first-order chi connectivity index (χ1) is 25.5. The molecular weight excluding hydrogens is 669 g/mol. The van der Waals surface area contributed by atoms with Gasteiger partial charge in [0.25, 0.3) is 0 Å². The maximum Gasteiger partial charge on any atom is 0.303 e. The van der Waals surface area contributed by atoms with E-state index in [4.69, 9.17) is 10.2 Å². The molecular formula is C49H78O5. The summed E-state index contributed by atoms with van der Waals surface area (Å²) in [4.78, 5) is 22.1. The second-order valence-corrected chi connectivity index (χ2v) is 22.1. The zero-order valence-corrected chi connectivity index (χ0v) is 35.3. The summed E-state index contributed by atoms with van der Waals surface area (Å²) in [6.07, 6.45) is 30.8. The maximum atomic E-state index is 11.0. The van der Waals surface area contributed by atoms with Crippen LogP contribution in [0.4, 0.5) is 0 Å². The number of hydrogen-bond acceptors (Lipinski definition) is 3. The molecule has 3 N–H and O–H groups in total. The predicted octanol–water partition coefficient (Wildman–Crippen LogP) is 11.8. The molecule has 8 rings (SSSR count). The average Bonchev–Trinajstić information content (AvgIpc) is 3.67. The molecule has 5 heteroatoms. The Morgan fingerprint density at radius 2 is 1.07 bits per heavy atom. The van der Waals surface area contributed by atoms with Crippen molar-refractivity contribution >= 4 is 11.9 Å². The Morgan fingerprint density at radius 1 is 0.630 bits per heavy atom. The molecule has 0 aliphatic heterocycles. The van der Waals surface area contributed by atoms with Crippen LogP contribution in [0, 0.1) is 98.6 Å². The number of carboxylic acids is 2. The number of carbonyl (C=O) groups is 2. The Balaban J connectivity index is 0.000000167. The standard InChI is InChI=1S/C25H40O2.C24H38O3/c1-16-11-13-24(3)18(15-16)6-7-19-21-9-8-20(17(2)5-10-23(26)27)25(21,4)14-12-22(19)24;1-15(4-9-22(26)27)19-7-8-20-18-6-5-16-14-17(25)10-12-23(16,2)21(18)11-13-24(19,20)3/h12,14,16-22H,5-11,13,15H2,1-4H3,(H,26,27);11,13,15-21,25H,4-10,12,14H2,1-3H3,(H,26,27)/t16-,17-,18-,19+,20?,21+,22+,24+,25-;15-,16-,17-,18+,19?,20+,21+,23+,24-/m11/s1. The van der Waals surface area contributed by atoms with E-state index in [1.54, 1.807) is 0 Å². The number of rotatable bonds is 8. The van der Waals surface area contributed by atoms with Gasteiger partial charge in [-0.3, -0.25) is 9.59 Å². The molecule has 8 aliphatic rings. The molecule has 18 atom stereocenters. The third-order valence-electron chi connectivity index (χ3n) is 19.6. The van der Waals surface area contributed by atoms with Gasteiger partial charge >= 0.3 is 11.9 Å². The molecule has 304 valence electrons. The fraction of sp³-hybridized carbons (Fsp3) is 0.878. The van der Waals surface area contributed by atoms with Gasteiger partial charge < -0.3 is 15.3 Å². The van der Waals surface area contributed by atoms with Crippen molar-refractivity contribution in [1.29, 1.82) is 0 Å². The van der Waals surface area contributed by atoms with Gasteiger partial charge in [-0.25, -0.2) is 0 Å². The first-order valence-electron chi connectivity index (χ1n) is 23.0. The van der Waals surface area contributed by atoms with Crippen molar-refractivity contribution in [2.24, 2.45) is 98.6 Å². The first kappa shape index (κ1) is 40.6. The molecule has 6 saturated carbocycles. The van der Waals surface area contributed by atoms with Gasteiger partial charge in [-0.1, -0.05) is 79.2 Å². The van der Waals surface area contributed by atoms with Crippen LogP contribution in [0.2, 0.25) is 0 Å². The minimum Gasteiger partial charge on any atom is -0.481 e. The zero-order chi connectivity index (χ0) is 38.8. The molecule has 0 bridgehead atoms. The van der Waals surface area contributed by atoms with Crippen molar-refractivity contribution in [3.8, 4) is 0 Å². The summed E-state index contributed by atoms with van der Waals surface area (Å²) >= 11 is 0. The van der Waals surface area contributed by atoms with Gasteiger partial charge in [0.05, 0.1) is 6.10 Å². The Kier molecular flexibility index (Phi) is 11.5. The van der Waals surface area contributed by atoms with Crippen molar-refractivity contribution in [3.05, 3.63) is 24.3 Å². The maximum absolute atomic E-state index is 11.0. The lowest BCUT2D eigenvalue weighted by Gasteiger charge is -2.59. The van der Waals surface area contributed by atoms with E-state index in [2.05, 4.69) is 72.8 Å². The fourth-order valence-electron chi connectivity index (χ4n) is 16.4. The lowest BCUT2D eigenvalue weighted by atomic mass is 9.46. The number of fused-ring (bicyclic) bond motifs is 10. The minimum atomic E-state index is -0.661. The number of allylic oxidation sites excluding steroid dienone is 4. The highest BCUT2D eigenvalue weighted by molar-refractivity contribution is 5.66. The van der Waals surface area contributed by atoms with E-state index in [1.807, 2.05) is 0 Å². The third kappa shape index (κ3) is 7.01. The quantitative estimate of drug-likeness (QED) is 0.215. The van der Waals surface area contributed by atoms with Gasteiger partial charge in [0.15, 0.2) is 0 Å². The summed E-state index contributed by atoms with van der Waals surface area (Å²) in [6.45, 7) is 17.2. The summed E-state index contributed by atoms with van der Waals surface area (Å²) in [6, 6.07) is 0. The number of aliphatic carboxylic acids is 2. The highest BCUT2D eigenvalue weighted by Gasteiger charge is 2.60. The summed E-state index contributed by atoms with van der Waals surface area (Å²) in [5.41, 5.74) is 1.44. The van der Waals surface area contributed by atoms with Gasteiger partial charge in [0, 0.05) is 12.8 Å². The molecule has 0 spiro atoms. The van der Waals surface area contributed by atoms with Crippen molar-refractivity contribution in [3.63, 3.8) is 0 Å². The molecule has 5 nitrogen and oxygen atoms in total. The van der Waals surface area contributed by atoms with E-state index in [9.17, 15) is 14.7 Å². The first-order valence-corrected chi connectivity index (χ1v) is 23.0. The molecule has 54 heavy (non-hydrogen) atoms. The van der Waals surface area contributed by atoms with Crippen molar-refractivity contribution < 1.29 is 24.9 Å². The third-order valence-corrected chi connectivity index (χ3v) is 19.6. The summed E-state index contributed by atoms with van der Waals surface area (Å²) < 4.78 is 0. The number of hydrogen-bond donors (Lipinski definition) is 3. The van der Waals surface area contributed by atoms with Gasteiger partial charge in [-0.15, -0.1) is 0 Å². The Labute approximate surface area is 329 Å². The molecule has 0 radical (unpaired) electrons. The van der Waals surface area contributed by atoms with Crippen LogP contribution in [-0.4, -0.2) is 33.4 Å². The molecule has 0 aromatic rings. The smallest absolute Gasteiger partial charge is 0.303 e. The topological polar surface area (TPSA) is 94.8 Å². The second kappa shape index (κ2) is 15.3. The lowest BCUT2D eigenvalue weighted by Crippen LogP contribution is -2.52. The van der Waals surface area contributed by atoms with E-state index in [-0.39, 0.29) is 11.5 Å². The SMILES string of the molecule is C[C@@H]1CC[C@@]2(C)[C@H](CC[C@@H]3[C@@H]2C=C[C@]2(C)C([C@H](C)CCC(=O)O)CC[C@@H]32)C1.C[C@H](CCC(=O)O)C1CC[C@H]2[C@@H]3CC[C@@H]4C[C@H](O)CC[C@]4(C)[C@H]3C=C[C@]12C. The average molecular weight is 747 g/mol. The number of carboxylic acid groups (broad SMARTS) is 2. The Bertz CT molecular complexity index is 1330. The van der Waals surface area contributed by atoms with Crippen LogP contribution >= 0.6 is 0 Å². The van der Waals surface area contributed by atoms with Gasteiger partial charge in [-0.05, 0) is 195 Å². The van der Waals surface area contributed by atoms with E-state index >= 15 is 0 Å². The fourth-order valence-corrected chi connectivity index (χ4v) is 16.4. The van der Waals surface area contributed by atoms with E-state index in [0.29, 0.717) is 64.6 Å². The monoisotopic (exact) mass is 747 g/mol. The van der Waals surface area contributed by atoms with Crippen LogP contribution in [0.15, 0.2) is 24.3 Å². The molecule has 2 unspecified atom stereocenters. The normalized spacial score (nSPS) is 49.8. The van der Waals surface area contributed by atoms with E-state index in [0.717, 1.165) is 67.1 Å². The van der Waals surface area contributed by atoms with Crippen LogP contribution < -0.4 is 0 Å². The van der Waals surface area contributed by atoms with Gasteiger partial charge in [0.2, 0.25) is 0 Å². The molecule has 0 heterocycles.